The van der Waals surface area contributed by atoms with E-state index in [1.807, 2.05) is 0 Å². The van der Waals surface area contributed by atoms with Crippen LogP contribution in [0.5, 0.6) is 0 Å². The number of hydrogen-bond donors (Lipinski definition) is 2. The molecular weight excluding hydrogens is 254 g/mol. The molecule has 2 heterocycles. The maximum atomic E-state index is 12.6. The lowest BCUT2D eigenvalue weighted by atomic mass is 9.74. The summed E-state index contributed by atoms with van der Waals surface area (Å²) in [6.07, 6.45) is 5.32. The van der Waals surface area contributed by atoms with Crippen LogP contribution < -0.4 is 16.2 Å². The number of nitrogens with zero attached hydrogens (tertiary/aromatic N) is 1. The Balaban J connectivity index is 2.15. The predicted molar refractivity (Wildman–Crippen MR) is 79.8 cm³/mol. The molecule has 1 aromatic rings. The third-order valence-electron chi connectivity index (χ3n) is 4.11. The zero-order valence-corrected chi connectivity index (χ0v) is 12.2. The molecule has 0 saturated carbocycles. The largest absolute Gasteiger partial charge is 0.324 e. The highest BCUT2D eigenvalue weighted by Gasteiger charge is 2.38. The van der Waals surface area contributed by atoms with E-state index in [0.29, 0.717) is 5.69 Å². The van der Waals surface area contributed by atoms with Gasteiger partial charge in [0.05, 0.1) is 11.1 Å². The summed E-state index contributed by atoms with van der Waals surface area (Å²) < 4.78 is 1.48. The maximum Gasteiger partial charge on any atom is 0.250 e. The molecule has 5 heteroatoms. The molecule has 1 fully saturated rings. The van der Waals surface area contributed by atoms with Gasteiger partial charge in [-0.3, -0.25) is 9.59 Å². The summed E-state index contributed by atoms with van der Waals surface area (Å²) in [4.78, 5) is 24.0. The van der Waals surface area contributed by atoms with E-state index < -0.39 is 0 Å². The van der Waals surface area contributed by atoms with Crippen LogP contribution in [0.25, 0.3) is 0 Å². The number of piperidine rings is 1. The summed E-state index contributed by atoms with van der Waals surface area (Å²) in [5, 5.41) is 6.29. The molecule has 2 rings (SSSR count). The highest BCUT2D eigenvalue weighted by molar-refractivity contribution is 5.95. The molecule has 0 bridgehead atoms. The molecule has 0 spiro atoms. The molecule has 0 aliphatic carbocycles. The number of rotatable bonds is 4. The van der Waals surface area contributed by atoms with E-state index in [0.717, 1.165) is 38.8 Å². The maximum absolute atomic E-state index is 12.6. The molecule has 5 nitrogen and oxygen atoms in total. The Kier molecular flexibility index (Phi) is 4.60. The van der Waals surface area contributed by atoms with Gasteiger partial charge >= 0.3 is 0 Å². The minimum atomic E-state index is -0.269. The molecule has 110 valence electrons. The number of nitrogens with one attached hydrogen (secondary N) is 2. The Morgan fingerprint density at radius 3 is 2.70 bits per heavy atom. The number of carbonyl (C=O) groups excluding carboxylic acids is 1. The molecule has 1 aliphatic rings. The van der Waals surface area contributed by atoms with Crippen LogP contribution in [0.4, 0.5) is 5.69 Å². The number of pyridine rings is 1. The van der Waals surface area contributed by atoms with E-state index in [4.69, 9.17) is 0 Å². The molecule has 0 aromatic carbocycles. The van der Waals surface area contributed by atoms with E-state index in [9.17, 15) is 9.59 Å². The van der Waals surface area contributed by atoms with Crippen LogP contribution in [0, 0.1) is 5.41 Å². The normalized spacial score (nSPS) is 17.7. The van der Waals surface area contributed by atoms with Crippen molar-refractivity contribution in [1.82, 2.24) is 9.88 Å². The Morgan fingerprint density at radius 1 is 1.40 bits per heavy atom. The average molecular weight is 277 g/mol. The van der Waals surface area contributed by atoms with Crippen molar-refractivity contribution in [1.29, 1.82) is 0 Å². The van der Waals surface area contributed by atoms with Crippen LogP contribution >= 0.6 is 0 Å². The molecule has 0 radical (unpaired) electrons. The molecule has 2 N–H and O–H groups in total. The lowest BCUT2D eigenvalue weighted by Crippen LogP contribution is -2.45. The lowest BCUT2D eigenvalue weighted by Gasteiger charge is -2.36. The van der Waals surface area contributed by atoms with Crippen LogP contribution in [0.15, 0.2) is 23.1 Å². The second-order valence-electron chi connectivity index (χ2n) is 5.60. The Morgan fingerprint density at radius 2 is 2.10 bits per heavy atom. The van der Waals surface area contributed by atoms with Crippen molar-refractivity contribution < 1.29 is 4.79 Å². The lowest BCUT2D eigenvalue weighted by molar-refractivity contribution is -0.127. The summed E-state index contributed by atoms with van der Waals surface area (Å²) in [6, 6.07) is 3.14. The Hall–Kier alpha value is -1.62. The zero-order valence-electron chi connectivity index (χ0n) is 12.2. The van der Waals surface area contributed by atoms with Gasteiger partial charge in [0.25, 0.3) is 0 Å². The molecule has 20 heavy (non-hydrogen) atoms. The van der Waals surface area contributed by atoms with E-state index in [-0.39, 0.29) is 16.9 Å². The highest BCUT2D eigenvalue weighted by Crippen LogP contribution is 2.35. The molecule has 1 amide bonds. The summed E-state index contributed by atoms with van der Waals surface area (Å²) in [6.45, 7) is 3.89. The monoisotopic (exact) mass is 277 g/mol. The Labute approximate surface area is 119 Å². The standard InChI is InChI=1S/C15H23N3O2/c1-3-6-15(7-9-16-10-8-15)14(20)17-12-4-5-13(19)18(2)11-12/h4-5,11,16H,3,6-10H2,1-2H3,(H,17,20). The van der Waals surface area contributed by atoms with Crippen molar-refractivity contribution in [2.24, 2.45) is 12.5 Å². The smallest absolute Gasteiger partial charge is 0.250 e. The topological polar surface area (TPSA) is 63.1 Å². The van der Waals surface area contributed by atoms with Crippen LogP contribution in [-0.2, 0) is 11.8 Å². The fourth-order valence-corrected chi connectivity index (χ4v) is 2.91. The van der Waals surface area contributed by atoms with Gasteiger partial charge in [0.15, 0.2) is 0 Å². The van der Waals surface area contributed by atoms with Gasteiger partial charge in [-0.05, 0) is 38.4 Å². The van der Waals surface area contributed by atoms with Crippen molar-refractivity contribution in [3.05, 3.63) is 28.7 Å². The molecule has 0 unspecified atom stereocenters. The van der Waals surface area contributed by atoms with Gasteiger partial charge in [-0.15, -0.1) is 0 Å². The van der Waals surface area contributed by atoms with E-state index >= 15 is 0 Å². The van der Waals surface area contributed by atoms with Crippen molar-refractivity contribution in [2.45, 2.75) is 32.6 Å². The number of aryl methyl sites for hydroxylation is 1. The summed E-state index contributed by atoms with van der Waals surface area (Å²) in [5.74, 6) is 0.0829. The molecule has 1 aliphatic heterocycles. The first-order chi connectivity index (χ1) is 9.57. The van der Waals surface area contributed by atoms with Crippen LogP contribution in [0.1, 0.15) is 32.6 Å². The number of amides is 1. The average Bonchev–Trinajstić information content (AvgIpc) is 2.44. The molecular formula is C15H23N3O2. The predicted octanol–water partition coefficient (Wildman–Crippen LogP) is 1.49. The molecule has 1 aromatic heterocycles. The van der Waals surface area contributed by atoms with E-state index in [2.05, 4.69) is 17.6 Å². The number of anilines is 1. The first-order valence-electron chi connectivity index (χ1n) is 7.26. The van der Waals surface area contributed by atoms with Gasteiger partial charge in [0.1, 0.15) is 0 Å². The third kappa shape index (κ3) is 3.10. The minimum Gasteiger partial charge on any atom is -0.324 e. The highest BCUT2D eigenvalue weighted by atomic mass is 16.2. The van der Waals surface area contributed by atoms with Crippen molar-refractivity contribution in [3.8, 4) is 0 Å². The molecule has 0 atom stereocenters. The fourth-order valence-electron chi connectivity index (χ4n) is 2.91. The summed E-state index contributed by atoms with van der Waals surface area (Å²) in [5.41, 5.74) is 0.341. The van der Waals surface area contributed by atoms with Crippen LogP contribution in [0.3, 0.4) is 0 Å². The van der Waals surface area contributed by atoms with Gasteiger partial charge in [-0.2, -0.15) is 0 Å². The number of carbonyl (C=O) groups is 1. The summed E-state index contributed by atoms with van der Waals surface area (Å²) >= 11 is 0. The van der Waals surface area contributed by atoms with E-state index in [1.165, 1.54) is 10.6 Å². The van der Waals surface area contributed by atoms with Crippen molar-refractivity contribution in [2.75, 3.05) is 18.4 Å². The fraction of sp³-hybridized carbons (Fsp3) is 0.600. The second-order valence-corrected chi connectivity index (χ2v) is 5.60. The quantitative estimate of drug-likeness (QED) is 0.876. The van der Waals surface area contributed by atoms with Crippen molar-refractivity contribution in [3.63, 3.8) is 0 Å². The SMILES string of the molecule is CCCC1(C(=O)Nc2ccc(=O)n(C)c2)CCNCC1. The van der Waals surface area contributed by atoms with Gasteiger partial charge in [-0.25, -0.2) is 0 Å². The first-order valence-corrected chi connectivity index (χ1v) is 7.26. The third-order valence-corrected chi connectivity index (χ3v) is 4.11. The van der Waals surface area contributed by atoms with Gasteiger partial charge in [-0.1, -0.05) is 13.3 Å². The van der Waals surface area contributed by atoms with Crippen LogP contribution in [0.2, 0.25) is 0 Å². The zero-order chi connectivity index (χ0) is 14.6. The Bertz CT molecular complexity index is 525. The van der Waals surface area contributed by atoms with Crippen LogP contribution in [-0.4, -0.2) is 23.6 Å². The van der Waals surface area contributed by atoms with Crippen molar-refractivity contribution >= 4 is 11.6 Å². The van der Waals surface area contributed by atoms with Gasteiger partial charge in [0, 0.05) is 19.3 Å². The first kappa shape index (κ1) is 14.8. The second kappa shape index (κ2) is 6.22. The van der Waals surface area contributed by atoms with E-state index in [1.54, 1.807) is 19.3 Å². The van der Waals surface area contributed by atoms with Gasteiger partial charge in [0.2, 0.25) is 11.5 Å². The minimum absolute atomic E-state index is 0.0758. The number of hydrogen-bond acceptors (Lipinski definition) is 3. The summed E-state index contributed by atoms with van der Waals surface area (Å²) in [7, 11) is 1.68. The number of aromatic nitrogens is 1. The molecule has 1 saturated heterocycles. The van der Waals surface area contributed by atoms with Gasteiger partial charge < -0.3 is 15.2 Å².